The maximum atomic E-state index is 10.9. The maximum Gasteiger partial charge on any atom is 0.331 e. The highest BCUT2D eigenvalue weighted by atomic mass is 31.1. The molecule has 0 aliphatic heterocycles. The van der Waals surface area contributed by atoms with Crippen LogP contribution in [-0.2, 0) is 4.79 Å². The molecule has 1 fully saturated rings. The first-order chi connectivity index (χ1) is 8.54. The van der Waals surface area contributed by atoms with Crippen molar-refractivity contribution < 1.29 is 14.8 Å². The molecule has 18 heavy (non-hydrogen) atoms. The maximum absolute atomic E-state index is 10.9. The number of hydrogen-bond acceptors (Lipinski definition) is 3. The molecule has 1 aliphatic rings. The summed E-state index contributed by atoms with van der Waals surface area (Å²) in [4.78, 5) is 20.9. The van der Waals surface area contributed by atoms with Crippen molar-refractivity contribution in [3.63, 3.8) is 0 Å². The summed E-state index contributed by atoms with van der Waals surface area (Å²) in [6.07, 6.45) is 8.81. The van der Waals surface area contributed by atoms with Crippen molar-refractivity contribution in [3.05, 3.63) is 11.6 Å². The van der Waals surface area contributed by atoms with E-state index in [-0.39, 0.29) is 17.5 Å². The van der Waals surface area contributed by atoms with Gasteiger partial charge in [0.1, 0.15) is 0 Å². The fourth-order valence-corrected chi connectivity index (χ4v) is 3.90. The molecule has 0 bridgehead atoms. The molecule has 5 heteroatoms. The standard InChI is InChI=1S/C13H24NO3P/c1-2-11(13(15)16)9-18(17)12(14)8-10-6-4-3-5-7-10/h2,10,12,17H,3-9,14H2,1H3,(H,15,16)/b11-2+/t12-,18?/m1/s1. The zero-order chi connectivity index (χ0) is 13.5. The van der Waals surface area contributed by atoms with Crippen molar-refractivity contribution in [1.82, 2.24) is 0 Å². The second kappa shape index (κ2) is 7.88. The number of aliphatic carboxylic acids is 1. The minimum absolute atomic E-state index is 0.203. The van der Waals surface area contributed by atoms with Gasteiger partial charge in [-0.2, -0.15) is 0 Å². The first-order valence-electron chi connectivity index (χ1n) is 6.64. The number of nitrogens with two attached hydrogens (primary N) is 1. The summed E-state index contributed by atoms with van der Waals surface area (Å²) in [5.41, 5.74) is 6.28. The van der Waals surface area contributed by atoms with Gasteiger partial charge in [-0.15, -0.1) is 0 Å². The summed E-state index contributed by atoms with van der Waals surface area (Å²) in [5.74, 6) is -0.592. The molecule has 0 aromatic rings. The number of allylic oxidation sites excluding steroid dienone is 1. The lowest BCUT2D eigenvalue weighted by Crippen LogP contribution is -2.24. The van der Waals surface area contributed by atoms with E-state index in [1.807, 2.05) is 0 Å². The molecule has 4 N–H and O–H groups in total. The average Bonchev–Trinajstić information content (AvgIpc) is 2.36. The molecule has 0 heterocycles. The Hall–Kier alpha value is -0.440. The topological polar surface area (TPSA) is 83.5 Å². The molecule has 1 rings (SSSR count). The van der Waals surface area contributed by atoms with Crippen LogP contribution in [0.1, 0.15) is 45.4 Å². The minimum atomic E-state index is -1.42. The van der Waals surface area contributed by atoms with Gasteiger partial charge in [-0.05, 0) is 19.3 Å². The van der Waals surface area contributed by atoms with E-state index >= 15 is 0 Å². The molecule has 1 unspecified atom stereocenters. The van der Waals surface area contributed by atoms with Gasteiger partial charge in [0.15, 0.2) is 0 Å². The Labute approximate surface area is 110 Å². The fraction of sp³-hybridized carbons (Fsp3) is 0.769. The molecule has 0 radical (unpaired) electrons. The van der Waals surface area contributed by atoms with E-state index in [1.54, 1.807) is 13.0 Å². The summed E-state index contributed by atoms with van der Waals surface area (Å²) in [5, 5.41) is 8.92. The summed E-state index contributed by atoms with van der Waals surface area (Å²) < 4.78 is 0. The minimum Gasteiger partial charge on any atom is -0.478 e. The van der Waals surface area contributed by atoms with E-state index < -0.39 is 14.1 Å². The van der Waals surface area contributed by atoms with Gasteiger partial charge in [0, 0.05) is 25.7 Å². The molecule has 0 aromatic heterocycles. The Bertz CT molecular complexity index is 301. The van der Waals surface area contributed by atoms with Crippen molar-refractivity contribution >= 4 is 14.1 Å². The summed E-state index contributed by atoms with van der Waals surface area (Å²) in [7, 11) is -1.42. The zero-order valence-electron chi connectivity index (χ0n) is 11.0. The van der Waals surface area contributed by atoms with Gasteiger partial charge < -0.3 is 15.7 Å². The Morgan fingerprint density at radius 2 is 2.06 bits per heavy atom. The number of carboxylic acid groups (broad SMARTS) is 1. The summed E-state index contributed by atoms with van der Waals surface area (Å²) in [6, 6.07) is 0. The molecule has 0 saturated heterocycles. The van der Waals surface area contributed by atoms with Crippen molar-refractivity contribution in [2.45, 2.75) is 51.2 Å². The van der Waals surface area contributed by atoms with E-state index in [0.29, 0.717) is 5.92 Å². The SMILES string of the molecule is C/C=C(\CP(O)[C@@H](N)CC1CCCCC1)C(=O)O. The Balaban J connectivity index is 2.40. The molecule has 4 nitrogen and oxygen atoms in total. The lowest BCUT2D eigenvalue weighted by molar-refractivity contribution is -0.132. The second-order valence-electron chi connectivity index (χ2n) is 5.02. The third kappa shape index (κ3) is 5.05. The van der Waals surface area contributed by atoms with Crippen LogP contribution in [0, 0.1) is 5.92 Å². The lowest BCUT2D eigenvalue weighted by atomic mass is 9.87. The number of hydrogen-bond donors (Lipinski definition) is 3. The number of carbonyl (C=O) groups is 1. The van der Waals surface area contributed by atoms with Crippen LogP contribution in [0.25, 0.3) is 0 Å². The van der Waals surface area contributed by atoms with Gasteiger partial charge >= 0.3 is 5.97 Å². The average molecular weight is 273 g/mol. The molecule has 0 amide bonds. The number of rotatable bonds is 6. The quantitative estimate of drug-likeness (QED) is 0.513. The van der Waals surface area contributed by atoms with Crippen molar-refractivity contribution in [2.75, 3.05) is 6.16 Å². The Kier molecular flexibility index (Phi) is 6.83. The van der Waals surface area contributed by atoms with Crippen LogP contribution >= 0.6 is 8.15 Å². The summed E-state index contributed by atoms with van der Waals surface area (Å²) >= 11 is 0. The van der Waals surface area contributed by atoms with Crippen LogP contribution in [0.4, 0.5) is 0 Å². The van der Waals surface area contributed by atoms with E-state index in [9.17, 15) is 9.69 Å². The van der Waals surface area contributed by atoms with Crippen molar-refractivity contribution in [1.29, 1.82) is 0 Å². The van der Waals surface area contributed by atoms with Crippen LogP contribution in [0.2, 0.25) is 0 Å². The second-order valence-corrected chi connectivity index (χ2v) is 6.88. The van der Waals surface area contributed by atoms with Gasteiger partial charge in [0.05, 0.1) is 0 Å². The molecule has 104 valence electrons. The largest absolute Gasteiger partial charge is 0.478 e. The first-order valence-corrected chi connectivity index (χ1v) is 8.19. The molecule has 2 atom stereocenters. The molecule has 1 saturated carbocycles. The van der Waals surface area contributed by atoms with Gasteiger partial charge in [-0.25, -0.2) is 4.79 Å². The Morgan fingerprint density at radius 1 is 1.44 bits per heavy atom. The molecule has 1 aliphatic carbocycles. The zero-order valence-corrected chi connectivity index (χ0v) is 11.9. The number of carboxylic acids is 1. The normalized spacial score (nSPS) is 21.6. The van der Waals surface area contributed by atoms with Crippen LogP contribution in [0.3, 0.4) is 0 Å². The highest BCUT2D eigenvalue weighted by molar-refractivity contribution is 7.52. The predicted octanol–water partition coefficient (Wildman–Crippen LogP) is 2.66. The van der Waals surface area contributed by atoms with E-state index in [0.717, 1.165) is 6.42 Å². The highest BCUT2D eigenvalue weighted by Crippen LogP contribution is 2.40. The van der Waals surface area contributed by atoms with E-state index in [2.05, 4.69) is 0 Å². The Morgan fingerprint density at radius 3 is 2.56 bits per heavy atom. The monoisotopic (exact) mass is 273 g/mol. The van der Waals surface area contributed by atoms with Gasteiger partial charge in [0.25, 0.3) is 0 Å². The highest BCUT2D eigenvalue weighted by Gasteiger charge is 2.23. The van der Waals surface area contributed by atoms with Crippen LogP contribution in [0.15, 0.2) is 11.6 Å². The molecular weight excluding hydrogens is 249 g/mol. The lowest BCUT2D eigenvalue weighted by Gasteiger charge is -2.27. The first kappa shape index (κ1) is 15.6. The van der Waals surface area contributed by atoms with Crippen molar-refractivity contribution in [2.24, 2.45) is 11.7 Å². The summed E-state index contributed by atoms with van der Waals surface area (Å²) in [6.45, 7) is 1.68. The third-order valence-electron chi connectivity index (χ3n) is 3.64. The molecule has 0 spiro atoms. The third-order valence-corrected chi connectivity index (χ3v) is 5.28. The van der Waals surface area contributed by atoms with E-state index in [4.69, 9.17) is 10.8 Å². The van der Waals surface area contributed by atoms with E-state index in [1.165, 1.54) is 32.1 Å². The fourth-order valence-electron chi connectivity index (χ4n) is 2.46. The smallest absolute Gasteiger partial charge is 0.331 e. The van der Waals surface area contributed by atoms with Gasteiger partial charge in [0.2, 0.25) is 0 Å². The van der Waals surface area contributed by atoms with Crippen LogP contribution in [-0.4, -0.2) is 27.9 Å². The van der Waals surface area contributed by atoms with Gasteiger partial charge in [-0.1, -0.05) is 38.2 Å². The predicted molar refractivity (Wildman–Crippen MR) is 74.6 cm³/mol. The van der Waals surface area contributed by atoms with Crippen molar-refractivity contribution in [3.8, 4) is 0 Å². The van der Waals surface area contributed by atoms with Crippen LogP contribution < -0.4 is 5.73 Å². The van der Waals surface area contributed by atoms with Crippen LogP contribution in [0.5, 0.6) is 0 Å². The van der Waals surface area contributed by atoms with Gasteiger partial charge in [-0.3, -0.25) is 0 Å². The molecule has 0 aromatic carbocycles. The molecular formula is C13H24NO3P.